The molecule has 0 aliphatic heterocycles. The lowest BCUT2D eigenvalue weighted by Gasteiger charge is -2.07. The summed E-state index contributed by atoms with van der Waals surface area (Å²) in [5.74, 6) is 0.396. The Morgan fingerprint density at radius 2 is 1.83 bits per heavy atom. The summed E-state index contributed by atoms with van der Waals surface area (Å²) in [7, 11) is 0. The highest BCUT2D eigenvalue weighted by Gasteiger charge is 2.21. The van der Waals surface area contributed by atoms with E-state index in [-0.39, 0.29) is 24.1 Å². The van der Waals surface area contributed by atoms with Crippen molar-refractivity contribution in [2.45, 2.75) is 40.2 Å². The average Bonchev–Trinajstić information content (AvgIpc) is 3.33. The fraction of sp³-hybridized carbons (Fsp3) is 0.286. The molecule has 0 N–H and O–H groups in total. The Morgan fingerprint density at radius 1 is 1.07 bits per heavy atom. The van der Waals surface area contributed by atoms with Gasteiger partial charge in [-0.25, -0.2) is 9.78 Å². The SMILES string of the molecule is Cc1ccc(-c2cc(C(=O)OCc3nc(C(C)C)no3)c3c(C)noc3n2)cc1. The minimum atomic E-state index is -0.540. The summed E-state index contributed by atoms with van der Waals surface area (Å²) in [5.41, 5.74) is 3.76. The Morgan fingerprint density at radius 3 is 2.52 bits per heavy atom. The molecule has 3 aromatic heterocycles. The van der Waals surface area contributed by atoms with Crippen LogP contribution in [0.2, 0.25) is 0 Å². The van der Waals surface area contributed by atoms with Crippen molar-refractivity contribution < 1.29 is 18.6 Å². The van der Waals surface area contributed by atoms with E-state index < -0.39 is 5.97 Å². The van der Waals surface area contributed by atoms with Crippen LogP contribution in [0.4, 0.5) is 0 Å². The molecule has 0 aliphatic rings. The van der Waals surface area contributed by atoms with Crippen LogP contribution in [0.5, 0.6) is 0 Å². The highest BCUT2D eigenvalue weighted by molar-refractivity contribution is 6.04. The van der Waals surface area contributed by atoms with Gasteiger partial charge in [-0.1, -0.05) is 54.0 Å². The van der Waals surface area contributed by atoms with Gasteiger partial charge in [0.15, 0.2) is 12.4 Å². The number of carbonyl (C=O) groups excluding carboxylic acids is 1. The quantitative estimate of drug-likeness (QED) is 0.461. The molecule has 4 aromatic rings. The van der Waals surface area contributed by atoms with Crippen molar-refractivity contribution in [3.8, 4) is 11.3 Å². The van der Waals surface area contributed by atoms with Crippen LogP contribution in [0.1, 0.15) is 53.1 Å². The highest BCUT2D eigenvalue weighted by atomic mass is 16.6. The van der Waals surface area contributed by atoms with Crippen molar-refractivity contribution in [1.82, 2.24) is 20.3 Å². The summed E-state index contributed by atoms with van der Waals surface area (Å²) in [6.07, 6.45) is 0. The zero-order valence-electron chi connectivity index (χ0n) is 16.6. The van der Waals surface area contributed by atoms with Gasteiger partial charge in [-0.15, -0.1) is 0 Å². The predicted molar refractivity (Wildman–Crippen MR) is 104 cm³/mol. The van der Waals surface area contributed by atoms with Gasteiger partial charge >= 0.3 is 5.97 Å². The van der Waals surface area contributed by atoms with E-state index in [2.05, 4.69) is 20.3 Å². The molecule has 0 bridgehead atoms. The fourth-order valence-electron chi connectivity index (χ4n) is 2.89. The van der Waals surface area contributed by atoms with E-state index in [0.29, 0.717) is 28.2 Å². The number of hydrogen-bond donors (Lipinski definition) is 0. The zero-order valence-corrected chi connectivity index (χ0v) is 16.6. The predicted octanol–water partition coefficient (Wildman–Crippen LogP) is 4.37. The number of nitrogens with zero attached hydrogens (tertiary/aromatic N) is 4. The van der Waals surface area contributed by atoms with Crippen molar-refractivity contribution in [2.75, 3.05) is 0 Å². The maximum atomic E-state index is 12.9. The molecule has 148 valence electrons. The molecule has 29 heavy (non-hydrogen) atoms. The molecule has 0 atom stereocenters. The van der Waals surface area contributed by atoms with E-state index in [1.165, 1.54) is 0 Å². The lowest BCUT2D eigenvalue weighted by atomic mass is 10.0. The topological polar surface area (TPSA) is 104 Å². The van der Waals surface area contributed by atoms with Gasteiger partial charge in [0.05, 0.1) is 22.3 Å². The van der Waals surface area contributed by atoms with E-state index in [1.54, 1.807) is 13.0 Å². The van der Waals surface area contributed by atoms with E-state index in [1.807, 2.05) is 45.0 Å². The molecule has 3 heterocycles. The monoisotopic (exact) mass is 392 g/mol. The standard InChI is InChI=1S/C21H20N4O4/c1-11(2)19-23-17(28-25-19)10-27-21(26)15-9-16(14-7-5-12(3)6-8-14)22-20-18(15)13(4)24-29-20/h5-9,11H,10H2,1-4H3. The minimum Gasteiger partial charge on any atom is -0.452 e. The average molecular weight is 392 g/mol. The number of aromatic nitrogens is 4. The fourth-order valence-corrected chi connectivity index (χ4v) is 2.89. The van der Waals surface area contributed by atoms with Crippen molar-refractivity contribution in [2.24, 2.45) is 0 Å². The van der Waals surface area contributed by atoms with Gasteiger partial charge in [0.1, 0.15) is 0 Å². The van der Waals surface area contributed by atoms with Gasteiger partial charge in [0, 0.05) is 11.5 Å². The van der Waals surface area contributed by atoms with Gasteiger partial charge < -0.3 is 13.8 Å². The van der Waals surface area contributed by atoms with E-state index in [0.717, 1.165) is 11.1 Å². The molecule has 0 aliphatic carbocycles. The molecule has 8 nitrogen and oxygen atoms in total. The number of pyridine rings is 1. The molecular weight excluding hydrogens is 372 g/mol. The number of aryl methyl sites for hydroxylation is 2. The summed E-state index contributed by atoms with van der Waals surface area (Å²) in [5, 5.41) is 8.34. The molecule has 0 fully saturated rings. The van der Waals surface area contributed by atoms with Crippen LogP contribution < -0.4 is 0 Å². The van der Waals surface area contributed by atoms with Crippen LogP contribution in [0.15, 0.2) is 39.4 Å². The maximum Gasteiger partial charge on any atom is 0.339 e. The summed E-state index contributed by atoms with van der Waals surface area (Å²) >= 11 is 0. The third-order valence-corrected chi connectivity index (χ3v) is 4.51. The molecular formula is C21H20N4O4. The minimum absolute atomic E-state index is 0.118. The highest BCUT2D eigenvalue weighted by Crippen LogP contribution is 2.28. The van der Waals surface area contributed by atoms with Gasteiger partial charge in [0.2, 0.25) is 0 Å². The van der Waals surface area contributed by atoms with Crippen LogP contribution in [0.3, 0.4) is 0 Å². The van der Waals surface area contributed by atoms with Gasteiger partial charge in [0.25, 0.3) is 11.6 Å². The Bertz CT molecular complexity index is 1180. The Hall–Kier alpha value is -3.55. The van der Waals surface area contributed by atoms with Crippen LogP contribution in [0, 0.1) is 13.8 Å². The summed E-state index contributed by atoms with van der Waals surface area (Å²) in [6.45, 7) is 7.55. The number of ether oxygens (including phenoxy) is 1. The van der Waals surface area contributed by atoms with Gasteiger partial charge in [-0.3, -0.25) is 0 Å². The van der Waals surface area contributed by atoms with Crippen molar-refractivity contribution in [3.05, 3.63) is 58.9 Å². The van der Waals surface area contributed by atoms with Crippen molar-refractivity contribution in [3.63, 3.8) is 0 Å². The Balaban J connectivity index is 1.66. The molecule has 8 heteroatoms. The van der Waals surface area contributed by atoms with Crippen molar-refractivity contribution in [1.29, 1.82) is 0 Å². The number of carbonyl (C=O) groups is 1. The Labute approximate surface area is 166 Å². The number of esters is 1. The summed E-state index contributed by atoms with van der Waals surface area (Å²) < 4.78 is 15.9. The van der Waals surface area contributed by atoms with Crippen LogP contribution in [-0.4, -0.2) is 26.3 Å². The first-order valence-electron chi connectivity index (χ1n) is 9.26. The molecule has 0 amide bonds. The largest absolute Gasteiger partial charge is 0.452 e. The number of fused-ring (bicyclic) bond motifs is 1. The zero-order chi connectivity index (χ0) is 20.5. The first kappa shape index (κ1) is 18.8. The molecule has 0 saturated carbocycles. The van der Waals surface area contributed by atoms with E-state index >= 15 is 0 Å². The number of rotatable bonds is 5. The second kappa shape index (κ2) is 7.46. The first-order valence-corrected chi connectivity index (χ1v) is 9.26. The van der Waals surface area contributed by atoms with E-state index in [9.17, 15) is 4.79 Å². The molecule has 0 spiro atoms. The smallest absolute Gasteiger partial charge is 0.339 e. The van der Waals surface area contributed by atoms with Gasteiger partial charge in [-0.05, 0) is 19.9 Å². The normalized spacial score (nSPS) is 11.3. The van der Waals surface area contributed by atoms with Crippen LogP contribution >= 0.6 is 0 Å². The third kappa shape index (κ3) is 3.73. The summed E-state index contributed by atoms with van der Waals surface area (Å²) in [4.78, 5) is 21.6. The lowest BCUT2D eigenvalue weighted by molar-refractivity contribution is 0.0432. The van der Waals surface area contributed by atoms with Crippen molar-refractivity contribution >= 4 is 17.1 Å². The lowest BCUT2D eigenvalue weighted by Crippen LogP contribution is -2.07. The van der Waals surface area contributed by atoms with Crippen LogP contribution in [-0.2, 0) is 11.3 Å². The molecule has 0 radical (unpaired) electrons. The molecule has 0 unspecified atom stereocenters. The summed E-state index contributed by atoms with van der Waals surface area (Å²) in [6, 6.07) is 9.52. The maximum absolute atomic E-state index is 12.9. The van der Waals surface area contributed by atoms with Crippen LogP contribution in [0.25, 0.3) is 22.4 Å². The third-order valence-electron chi connectivity index (χ3n) is 4.51. The second-order valence-electron chi connectivity index (χ2n) is 7.15. The van der Waals surface area contributed by atoms with Gasteiger partial charge in [-0.2, -0.15) is 4.98 Å². The molecule has 1 aromatic carbocycles. The second-order valence-corrected chi connectivity index (χ2v) is 7.15. The van der Waals surface area contributed by atoms with E-state index in [4.69, 9.17) is 13.8 Å². The number of benzene rings is 1. The Kier molecular flexibility index (Phi) is 4.84. The molecule has 0 saturated heterocycles. The molecule has 4 rings (SSSR count). The first-order chi connectivity index (χ1) is 13.9. The number of hydrogen-bond acceptors (Lipinski definition) is 8.